The number of anilines is 1. The third kappa shape index (κ3) is 3.49. The molecule has 1 aromatic carbocycles. The second kappa shape index (κ2) is 4.90. The van der Waals surface area contributed by atoms with Gasteiger partial charge in [-0.15, -0.1) is 0 Å². The Morgan fingerprint density at radius 2 is 2.08 bits per heavy atom. The van der Waals surface area contributed by atoms with E-state index in [0.717, 1.165) is 11.3 Å². The average Bonchev–Trinajstić information content (AvgIpc) is 2.15. The lowest BCUT2D eigenvalue weighted by atomic mass is 10.2. The maximum atomic E-state index is 10.3. The molecule has 0 unspecified atom stereocenters. The van der Waals surface area contributed by atoms with E-state index in [4.69, 9.17) is 5.73 Å². The van der Waals surface area contributed by atoms with Crippen LogP contribution in [0.2, 0.25) is 0 Å². The molecule has 1 rings (SSSR count). The number of amides is 1. The molecule has 0 aliphatic heterocycles. The Morgan fingerprint density at radius 3 is 2.54 bits per heavy atom. The second-order valence-electron chi connectivity index (χ2n) is 2.40. The molecule has 0 aliphatic carbocycles. The summed E-state index contributed by atoms with van der Waals surface area (Å²) in [6, 6.07) is 7.52. The van der Waals surface area contributed by atoms with E-state index in [1.165, 1.54) is 0 Å². The van der Waals surface area contributed by atoms with E-state index in [9.17, 15) is 4.79 Å². The molecule has 13 heavy (non-hydrogen) atoms. The number of halogens is 1. The highest BCUT2D eigenvalue weighted by Gasteiger charge is 1.96. The quantitative estimate of drug-likeness (QED) is 0.662. The minimum atomic E-state index is -0.754. The van der Waals surface area contributed by atoms with Gasteiger partial charge < -0.3 is 14.0 Å². The molecule has 0 saturated heterocycles. The first-order valence-electron chi connectivity index (χ1n) is 3.60. The Kier molecular flexibility index (Phi) is 3.81. The van der Waals surface area contributed by atoms with E-state index in [1.807, 2.05) is 47.1 Å². The van der Waals surface area contributed by atoms with Crippen LogP contribution < -0.4 is 9.26 Å². The SMILES string of the molecule is NC(=O)OCc1ccc(NI)cc1. The first kappa shape index (κ1) is 10.1. The summed E-state index contributed by atoms with van der Waals surface area (Å²) in [7, 11) is 0. The molecule has 1 aromatic rings. The summed E-state index contributed by atoms with van der Waals surface area (Å²) >= 11 is 2.04. The molecule has 70 valence electrons. The van der Waals surface area contributed by atoms with Crippen molar-refractivity contribution in [3.63, 3.8) is 0 Å². The zero-order chi connectivity index (χ0) is 9.68. The van der Waals surface area contributed by atoms with E-state index < -0.39 is 6.09 Å². The monoisotopic (exact) mass is 292 g/mol. The summed E-state index contributed by atoms with van der Waals surface area (Å²) in [6.07, 6.45) is -0.754. The highest BCUT2D eigenvalue weighted by Crippen LogP contribution is 2.11. The summed E-state index contributed by atoms with van der Waals surface area (Å²) in [5, 5.41) is 0. The maximum Gasteiger partial charge on any atom is 0.404 e. The number of carbonyl (C=O) groups excluding carboxylic acids is 1. The van der Waals surface area contributed by atoms with Crippen molar-refractivity contribution in [3.8, 4) is 0 Å². The lowest BCUT2D eigenvalue weighted by Crippen LogP contribution is -2.12. The fourth-order valence-electron chi connectivity index (χ4n) is 0.818. The number of primary amides is 1. The van der Waals surface area contributed by atoms with Gasteiger partial charge in [-0.05, 0) is 17.7 Å². The number of nitrogens with one attached hydrogen (secondary N) is 1. The molecule has 5 heteroatoms. The van der Waals surface area contributed by atoms with Gasteiger partial charge in [-0.3, -0.25) is 0 Å². The number of nitrogens with two attached hydrogens (primary N) is 1. The molecule has 0 bridgehead atoms. The Balaban J connectivity index is 2.54. The van der Waals surface area contributed by atoms with Gasteiger partial charge in [-0.1, -0.05) is 12.1 Å². The molecular formula is C8H9IN2O2. The zero-order valence-electron chi connectivity index (χ0n) is 6.79. The van der Waals surface area contributed by atoms with Gasteiger partial charge in [-0.25, -0.2) is 4.79 Å². The Morgan fingerprint density at radius 1 is 1.46 bits per heavy atom. The molecule has 0 atom stereocenters. The van der Waals surface area contributed by atoms with Gasteiger partial charge in [0.05, 0.1) is 22.9 Å². The van der Waals surface area contributed by atoms with Crippen LogP contribution in [-0.4, -0.2) is 6.09 Å². The molecule has 1 amide bonds. The predicted octanol–water partition coefficient (Wildman–Crippen LogP) is 2.04. The summed E-state index contributed by atoms with van der Waals surface area (Å²) in [6.45, 7) is 0.219. The van der Waals surface area contributed by atoms with Crippen molar-refractivity contribution in [1.82, 2.24) is 0 Å². The van der Waals surface area contributed by atoms with Crippen LogP contribution >= 0.6 is 22.9 Å². The number of ether oxygens (including phenoxy) is 1. The first-order chi connectivity index (χ1) is 6.22. The van der Waals surface area contributed by atoms with Gasteiger partial charge in [0.2, 0.25) is 0 Å². The highest BCUT2D eigenvalue weighted by molar-refractivity contribution is 14.1. The van der Waals surface area contributed by atoms with Crippen molar-refractivity contribution in [1.29, 1.82) is 0 Å². The summed E-state index contributed by atoms with van der Waals surface area (Å²) in [5.74, 6) is 0. The van der Waals surface area contributed by atoms with Gasteiger partial charge >= 0.3 is 6.09 Å². The summed E-state index contributed by atoms with van der Waals surface area (Å²) in [4.78, 5) is 10.3. The Hall–Kier alpha value is -0.980. The molecule has 0 saturated carbocycles. The van der Waals surface area contributed by atoms with Crippen molar-refractivity contribution in [2.75, 3.05) is 3.53 Å². The third-order valence-corrected chi connectivity index (χ3v) is 2.07. The van der Waals surface area contributed by atoms with Gasteiger partial charge in [0.15, 0.2) is 0 Å². The van der Waals surface area contributed by atoms with E-state index >= 15 is 0 Å². The number of benzene rings is 1. The third-order valence-electron chi connectivity index (χ3n) is 1.44. The van der Waals surface area contributed by atoms with Crippen molar-refractivity contribution < 1.29 is 9.53 Å². The predicted molar refractivity (Wildman–Crippen MR) is 58.5 cm³/mol. The minimum absolute atomic E-state index is 0.219. The van der Waals surface area contributed by atoms with Crippen LogP contribution in [0.15, 0.2) is 24.3 Å². The van der Waals surface area contributed by atoms with Gasteiger partial charge in [-0.2, -0.15) is 0 Å². The van der Waals surface area contributed by atoms with Gasteiger partial charge in [0, 0.05) is 5.69 Å². The number of rotatable bonds is 3. The first-order valence-corrected chi connectivity index (χ1v) is 4.68. The maximum absolute atomic E-state index is 10.3. The lowest BCUT2D eigenvalue weighted by molar-refractivity contribution is 0.150. The van der Waals surface area contributed by atoms with Crippen LogP contribution in [0.5, 0.6) is 0 Å². The minimum Gasteiger partial charge on any atom is -0.445 e. The standard InChI is InChI=1S/C8H9IN2O2/c9-11-7-3-1-6(2-4-7)5-13-8(10)12/h1-4,11H,5H2,(H2,10,12). The molecule has 3 N–H and O–H groups in total. The van der Waals surface area contributed by atoms with Crippen molar-refractivity contribution in [2.24, 2.45) is 5.73 Å². The van der Waals surface area contributed by atoms with E-state index in [1.54, 1.807) is 0 Å². The summed E-state index contributed by atoms with van der Waals surface area (Å²) < 4.78 is 7.57. The van der Waals surface area contributed by atoms with Crippen LogP contribution in [0, 0.1) is 0 Å². The lowest BCUT2D eigenvalue weighted by Gasteiger charge is -2.02. The largest absolute Gasteiger partial charge is 0.445 e. The fourth-order valence-corrected chi connectivity index (χ4v) is 1.18. The topological polar surface area (TPSA) is 64.4 Å². The highest BCUT2D eigenvalue weighted by atomic mass is 127. The van der Waals surface area contributed by atoms with Crippen molar-refractivity contribution >= 4 is 34.6 Å². The van der Waals surface area contributed by atoms with E-state index in [-0.39, 0.29) is 6.61 Å². The average molecular weight is 292 g/mol. The van der Waals surface area contributed by atoms with Crippen LogP contribution in [0.3, 0.4) is 0 Å². The number of hydrogen-bond donors (Lipinski definition) is 2. The fraction of sp³-hybridized carbons (Fsp3) is 0.125. The molecule has 0 spiro atoms. The van der Waals surface area contributed by atoms with Crippen LogP contribution in [0.25, 0.3) is 0 Å². The van der Waals surface area contributed by atoms with Gasteiger partial charge in [0.1, 0.15) is 6.61 Å². The van der Waals surface area contributed by atoms with Crippen molar-refractivity contribution in [2.45, 2.75) is 6.61 Å². The molecule has 0 heterocycles. The Bertz CT molecular complexity index is 287. The molecular weight excluding hydrogens is 283 g/mol. The zero-order valence-corrected chi connectivity index (χ0v) is 8.95. The molecule has 0 aliphatic rings. The van der Waals surface area contributed by atoms with Crippen LogP contribution in [-0.2, 0) is 11.3 Å². The molecule has 0 aromatic heterocycles. The molecule has 0 fully saturated rings. The van der Waals surface area contributed by atoms with Crippen LogP contribution in [0.4, 0.5) is 10.5 Å². The smallest absolute Gasteiger partial charge is 0.404 e. The van der Waals surface area contributed by atoms with E-state index in [2.05, 4.69) is 8.27 Å². The molecule has 0 radical (unpaired) electrons. The summed E-state index contributed by atoms with van der Waals surface area (Å²) in [5.41, 5.74) is 6.74. The number of hydrogen-bond acceptors (Lipinski definition) is 3. The Labute approximate surface area is 89.9 Å². The van der Waals surface area contributed by atoms with Crippen molar-refractivity contribution in [3.05, 3.63) is 29.8 Å². The van der Waals surface area contributed by atoms with Gasteiger partial charge in [0.25, 0.3) is 0 Å². The second-order valence-corrected chi connectivity index (χ2v) is 2.94. The number of carbonyl (C=O) groups is 1. The van der Waals surface area contributed by atoms with Crippen LogP contribution in [0.1, 0.15) is 5.56 Å². The molecule has 4 nitrogen and oxygen atoms in total. The normalized spacial score (nSPS) is 9.31. The van der Waals surface area contributed by atoms with E-state index in [0.29, 0.717) is 0 Å².